The molecule has 0 aromatic heterocycles. The fourth-order valence-corrected chi connectivity index (χ4v) is 3.38. The Balaban J connectivity index is 1.51. The highest BCUT2D eigenvalue weighted by Crippen LogP contribution is 2.21. The Morgan fingerprint density at radius 2 is 2.08 bits per heavy atom. The lowest BCUT2D eigenvalue weighted by atomic mass is 9.95. The number of hydrogen-bond donors (Lipinski definition) is 2. The molecule has 7 heteroatoms. The standard InChI is InChI=1S/C18H24FN3O3/c1-12-16(20-7-10-25-12)18(24)22-8-5-13(6-9-22)17(23)21-15-4-2-3-14(19)11-15/h2-4,11-13,16,20H,5-10H2,1H3,(H,21,23)/t12-,16+/m1/s1. The van der Waals surface area contributed by atoms with Crippen molar-refractivity contribution in [2.45, 2.75) is 31.9 Å². The minimum atomic E-state index is -0.380. The van der Waals surface area contributed by atoms with Gasteiger partial charge in [0.1, 0.15) is 11.9 Å². The Hall–Kier alpha value is -1.99. The van der Waals surface area contributed by atoms with E-state index in [4.69, 9.17) is 4.74 Å². The Morgan fingerprint density at radius 3 is 2.76 bits per heavy atom. The number of piperidine rings is 1. The number of carbonyl (C=O) groups excluding carboxylic acids is 2. The van der Waals surface area contributed by atoms with E-state index in [-0.39, 0.29) is 35.7 Å². The van der Waals surface area contributed by atoms with Crippen LogP contribution in [0.15, 0.2) is 24.3 Å². The quantitative estimate of drug-likeness (QED) is 0.865. The fraction of sp³-hybridized carbons (Fsp3) is 0.556. The minimum Gasteiger partial charge on any atom is -0.375 e. The largest absolute Gasteiger partial charge is 0.375 e. The van der Waals surface area contributed by atoms with Crippen molar-refractivity contribution in [3.8, 4) is 0 Å². The second kappa shape index (κ2) is 7.93. The molecule has 0 aliphatic carbocycles. The summed E-state index contributed by atoms with van der Waals surface area (Å²) < 4.78 is 18.7. The number of anilines is 1. The van der Waals surface area contributed by atoms with Gasteiger partial charge in [0.05, 0.1) is 12.7 Å². The number of rotatable bonds is 3. The SMILES string of the molecule is C[C@H]1OCCN[C@@H]1C(=O)N1CCC(C(=O)Nc2cccc(F)c2)CC1. The smallest absolute Gasteiger partial charge is 0.242 e. The molecule has 1 aromatic carbocycles. The summed E-state index contributed by atoms with van der Waals surface area (Å²) in [6, 6.07) is 5.55. The molecule has 0 spiro atoms. The van der Waals surface area contributed by atoms with Crippen molar-refractivity contribution in [3.63, 3.8) is 0 Å². The first-order chi connectivity index (χ1) is 12.0. The van der Waals surface area contributed by atoms with Gasteiger partial charge in [0.25, 0.3) is 0 Å². The topological polar surface area (TPSA) is 70.7 Å². The van der Waals surface area contributed by atoms with E-state index in [2.05, 4.69) is 10.6 Å². The van der Waals surface area contributed by atoms with E-state index in [1.54, 1.807) is 17.0 Å². The molecule has 25 heavy (non-hydrogen) atoms. The molecule has 2 aliphatic heterocycles. The zero-order valence-corrected chi connectivity index (χ0v) is 14.3. The highest BCUT2D eigenvalue weighted by atomic mass is 19.1. The van der Waals surface area contributed by atoms with E-state index in [9.17, 15) is 14.0 Å². The highest BCUT2D eigenvalue weighted by Gasteiger charge is 2.34. The van der Waals surface area contributed by atoms with Gasteiger partial charge in [-0.05, 0) is 38.0 Å². The van der Waals surface area contributed by atoms with Gasteiger partial charge in [0, 0.05) is 31.2 Å². The van der Waals surface area contributed by atoms with Crippen LogP contribution in [0.4, 0.5) is 10.1 Å². The van der Waals surface area contributed by atoms with Gasteiger partial charge in [0.15, 0.2) is 0 Å². The number of amides is 2. The molecule has 136 valence electrons. The van der Waals surface area contributed by atoms with Gasteiger partial charge in [-0.3, -0.25) is 9.59 Å². The third-order valence-corrected chi connectivity index (χ3v) is 4.85. The molecule has 0 bridgehead atoms. The average molecular weight is 349 g/mol. The van der Waals surface area contributed by atoms with Crippen molar-refractivity contribution in [1.82, 2.24) is 10.2 Å². The molecule has 3 rings (SSSR count). The number of hydrogen-bond acceptors (Lipinski definition) is 4. The summed E-state index contributed by atoms with van der Waals surface area (Å²) in [5.41, 5.74) is 0.459. The number of carbonyl (C=O) groups is 2. The van der Waals surface area contributed by atoms with Gasteiger partial charge in [0.2, 0.25) is 11.8 Å². The van der Waals surface area contributed by atoms with Gasteiger partial charge in [-0.1, -0.05) is 6.07 Å². The summed E-state index contributed by atoms with van der Waals surface area (Å²) in [6.45, 7) is 4.28. The summed E-state index contributed by atoms with van der Waals surface area (Å²) in [4.78, 5) is 26.7. The Morgan fingerprint density at radius 1 is 1.32 bits per heavy atom. The summed E-state index contributed by atoms with van der Waals surface area (Å²) in [5, 5.41) is 5.96. The van der Waals surface area contributed by atoms with Crippen LogP contribution in [0.25, 0.3) is 0 Å². The molecule has 2 atom stereocenters. The zero-order valence-electron chi connectivity index (χ0n) is 14.3. The first-order valence-corrected chi connectivity index (χ1v) is 8.75. The third-order valence-electron chi connectivity index (χ3n) is 4.85. The van der Waals surface area contributed by atoms with Gasteiger partial charge in [-0.25, -0.2) is 4.39 Å². The number of morpholine rings is 1. The lowest BCUT2D eigenvalue weighted by Crippen LogP contribution is -2.57. The van der Waals surface area contributed by atoms with Crippen molar-refractivity contribution in [2.75, 3.05) is 31.6 Å². The Labute approximate surface area is 146 Å². The van der Waals surface area contributed by atoms with Gasteiger partial charge in [-0.15, -0.1) is 0 Å². The normalized spacial score (nSPS) is 24.8. The number of nitrogens with zero attached hydrogens (tertiary/aromatic N) is 1. The maximum absolute atomic E-state index is 13.2. The average Bonchev–Trinajstić information content (AvgIpc) is 2.62. The lowest BCUT2D eigenvalue weighted by Gasteiger charge is -2.37. The fourth-order valence-electron chi connectivity index (χ4n) is 3.38. The first-order valence-electron chi connectivity index (χ1n) is 8.75. The molecule has 1 aromatic rings. The second-order valence-corrected chi connectivity index (χ2v) is 6.61. The molecule has 2 heterocycles. The van der Waals surface area contributed by atoms with Crippen LogP contribution in [0.3, 0.4) is 0 Å². The van der Waals surface area contributed by atoms with Crippen molar-refractivity contribution in [1.29, 1.82) is 0 Å². The molecule has 0 radical (unpaired) electrons. The van der Waals surface area contributed by atoms with E-state index < -0.39 is 0 Å². The van der Waals surface area contributed by atoms with E-state index in [1.807, 2.05) is 6.92 Å². The summed E-state index contributed by atoms with van der Waals surface area (Å²) in [5.74, 6) is -0.628. The van der Waals surface area contributed by atoms with E-state index >= 15 is 0 Å². The van der Waals surface area contributed by atoms with Crippen LogP contribution in [0.2, 0.25) is 0 Å². The molecular formula is C18H24FN3O3. The predicted octanol–water partition coefficient (Wildman–Crippen LogP) is 1.38. The summed E-state index contributed by atoms with van der Waals surface area (Å²) in [6.07, 6.45) is 1.07. The van der Waals surface area contributed by atoms with E-state index in [0.29, 0.717) is 44.8 Å². The molecule has 6 nitrogen and oxygen atoms in total. The predicted molar refractivity (Wildman–Crippen MR) is 91.5 cm³/mol. The van der Waals surface area contributed by atoms with Crippen LogP contribution in [-0.2, 0) is 14.3 Å². The van der Waals surface area contributed by atoms with E-state index in [1.165, 1.54) is 12.1 Å². The Bertz CT molecular complexity index is 632. The van der Waals surface area contributed by atoms with Crippen molar-refractivity contribution >= 4 is 17.5 Å². The Kier molecular flexibility index (Phi) is 5.65. The molecule has 2 N–H and O–H groups in total. The van der Waals surface area contributed by atoms with Crippen molar-refractivity contribution < 1.29 is 18.7 Å². The third kappa shape index (κ3) is 4.35. The number of benzene rings is 1. The first kappa shape index (κ1) is 17.8. The van der Waals surface area contributed by atoms with Gasteiger partial charge < -0.3 is 20.3 Å². The van der Waals surface area contributed by atoms with Crippen molar-refractivity contribution in [2.24, 2.45) is 5.92 Å². The van der Waals surface area contributed by atoms with Crippen LogP contribution in [0.5, 0.6) is 0 Å². The van der Waals surface area contributed by atoms with Crippen LogP contribution in [0.1, 0.15) is 19.8 Å². The minimum absolute atomic E-state index is 0.0381. The van der Waals surface area contributed by atoms with Crippen molar-refractivity contribution in [3.05, 3.63) is 30.1 Å². The van der Waals surface area contributed by atoms with Crippen LogP contribution < -0.4 is 10.6 Å². The van der Waals surface area contributed by atoms with Crippen LogP contribution in [-0.4, -0.2) is 55.1 Å². The molecule has 0 saturated carbocycles. The monoisotopic (exact) mass is 349 g/mol. The number of ether oxygens (including phenoxy) is 1. The molecular weight excluding hydrogens is 325 g/mol. The summed E-state index contributed by atoms with van der Waals surface area (Å²) >= 11 is 0. The number of halogens is 1. The maximum Gasteiger partial charge on any atom is 0.242 e. The second-order valence-electron chi connectivity index (χ2n) is 6.61. The lowest BCUT2D eigenvalue weighted by molar-refractivity contribution is -0.142. The molecule has 0 unspecified atom stereocenters. The molecule has 2 saturated heterocycles. The summed E-state index contributed by atoms with van der Waals surface area (Å²) in [7, 11) is 0. The maximum atomic E-state index is 13.2. The number of likely N-dealkylation sites (tertiary alicyclic amines) is 1. The number of nitrogens with one attached hydrogen (secondary N) is 2. The van der Waals surface area contributed by atoms with Crippen LogP contribution in [0, 0.1) is 11.7 Å². The van der Waals surface area contributed by atoms with Gasteiger partial charge in [-0.2, -0.15) is 0 Å². The molecule has 2 aliphatic rings. The van der Waals surface area contributed by atoms with Crippen LogP contribution >= 0.6 is 0 Å². The molecule has 2 amide bonds. The molecule has 2 fully saturated rings. The highest BCUT2D eigenvalue weighted by molar-refractivity contribution is 5.92. The van der Waals surface area contributed by atoms with E-state index in [0.717, 1.165) is 0 Å². The zero-order chi connectivity index (χ0) is 17.8. The van der Waals surface area contributed by atoms with Gasteiger partial charge >= 0.3 is 0 Å².